The topological polar surface area (TPSA) is 41.6 Å². The van der Waals surface area contributed by atoms with Crippen LogP contribution in [0.2, 0.25) is 0 Å². The van der Waals surface area contributed by atoms with Gasteiger partial charge in [-0.3, -0.25) is 4.79 Å². The average Bonchev–Trinajstić information content (AvgIpc) is 2.40. The number of morpholine rings is 1. The molecule has 1 aliphatic heterocycles. The van der Waals surface area contributed by atoms with Crippen molar-refractivity contribution in [1.29, 1.82) is 0 Å². The maximum atomic E-state index is 12.1. The van der Waals surface area contributed by atoms with Gasteiger partial charge in [0.15, 0.2) is 0 Å². The van der Waals surface area contributed by atoms with Crippen LogP contribution in [-0.2, 0) is 9.53 Å². The van der Waals surface area contributed by atoms with Crippen molar-refractivity contribution in [3.05, 3.63) is 0 Å². The van der Waals surface area contributed by atoms with Gasteiger partial charge in [0.2, 0.25) is 5.91 Å². The quantitative estimate of drug-likeness (QED) is 0.800. The maximum absolute atomic E-state index is 12.1. The Morgan fingerprint density at radius 1 is 1.24 bits per heavy atom. The fourth-order valence-corrected chi connectivity index (χ4v) is 2.84. The molecule has 0 bridgehead atoms. The Morgan fingerprint density at radius 2 is 1.88 bits per heavy atom. The Hall–Kier alpha value is -0.610. The second-order valence-electron chi connectivity index (χ2n) is 5.20. The van der Waals surface area contributed by atoms with Gasteiger partial charge in [-0.1, -0.05) is 0 Å². The summed E-state index contributed by atoms with van der Waals surface area (Å²) in [5.74, 6) is 0.941. The highest BCUT2D eigenvalue weighted by Crippen LogP contribution is 2.27. The molecule has 2 aliphatic rings. The standard InChI is InChI=1S/C13H24N2O2/c1-14-12-4-2-11(3-5-12)10-13(16)15-6-8-17-9-7-15/h11-12,14H,2-10H2,1H3. The third-order valence-corrected chi connectivity index (χ3v) is 4.08. The lowest BCUT2D eigenvalue weighted by molar-refractivity contribution is -0.136. The lowest BCUT2D eigenvalue weighted by Crippen LogP contribution is -2.41. The number of hydrogen-bond acceptors (Lipinski definition) is 3. The van der Waals surface area contributed by atoms with Crippen LogP contribution in [-0.4, -0.2) is 50.2 Å². The molecule has 1 saturated carbocycles. The van der Waals surface area contributed by atoms with Crippen molar-refractivity contribution in [3.63, 3.8) is 0 Å². The van der Waals surface area contributed by atoms with E-state index in [-0.39, 0.29) is 0 Å². The summed E-state index contributed by atoms with van der Waals surface area (Å²) in [6.07, 6.45) is 5.58. The van der Waals surface area contributed by atoms with Gasteiger partial charge in [-0.25, -0.2) is 0 Å². The summed E-state index contributed by atoms with van der Waals surface area (Å²) >= 11 is 0. The van der Waals surface area contributed by atoms with Crippen molar-refractivity contribution in [1.82, 2.24) is 10.2 Å². The van der Waals surface area contributed by atoms with E-state index in [2.05, 4.69) is 5.32 Å². The zero-order chi connectivity index (χ0) is 12.1. The van der Waals surface area contributed by atoms with Crippen LogP contribution in [0.25, 0.3) is 0 Å². The number of nitrogens with zero attached hydrogens (tertiary/aromatic N) is 1. The van der Waals surface area contributed by atoms with Gasteiger partial charge in [0.25, 0.3) is 0 Å². The van der Waals surface area contributed by atoms with E-state index < -0.39 is 0 Å². The molecule has 0 atom stereocenters. The van der Waals surface area contributed by atoms with Gasteiger partial charge in [0.05, 0.1) is 13.2 Å². The number of carbonyl (C=O) groups excluding carboxylic acids is 1. The van der Waals surface area contributed by atoms with Crippen LogP contribution in [0.15, 0.2) is 0 Å². The number of hydrogen-bond donors (Lipinski definition) is 1. The van der Waals surface area contributed by atoms with E-state index in [0.717, 1.165) is 19.5 Å². The predicted octanol–water partition coefficient (Wildman–Crippen LogP) is 1.01. The van der Waals surface area contributed by atoms with Crippen molar-refractivity contribution >= 4 is 5.91 Å². The lowest BCUT2D eigenvalue weighted by Gasteiger charge is -2.31. The van der Waals surface area contributed by atoms with E-state index in [0.29, 0.717) is 31.1 Å². The summed E-state index contributed by atoms with van der Waals surface area (Å²) in [6, 6.07) is 0.671. The van der Waals surface area contributed by atoms with Crippen LogP contribution in [0.3, 0.4) is 0 Å². The molecule has 1 N–H and O–H groups in total. The summed E-state index contributed by atoms with van der Waals surface area (Å²) < 4.78 is 5.27. The first kappa shape index (κ1) is 12.8. The van der Waals surface area contributed by atoms with Gasteiger partial charge >= 0.3 is 0 Å². The van der Waals surface area contributed by atoms with E-state index in [1.54, 1.807) is 0 Å². The number of nitrogens with one attached hydrogen (secondary N) is 1. The first-order valence-electron chi connectivity index (χ1n) is 6.82. The minimum atomic E-state index is 0.334. The molecule has 4 nitrogen and oxygen atoms in total. The van der Waals surface area contributed by atoms with Crippen molar-refractivity contribution < 1.29 is 9.53 Å². The molecule has 4 heteroatoms. The van der Waals surface area contributed by atoms with Crippen LogP contribution in [0, 0.1) is 5.92 Å². The molecule has 1 aliphatic carbocycles. The largest absolute Gasteiger partial charge is 0.378 e. The van der Waals surface area contributed by atoms with Gasteiger partial charge < -0.3 is 15.0 Å². The minimum absolute atomic E-state index is 0.334. The predicted molar refractivity (Wildman–Crippen MR) is 66.8 cm³/mol. The molecule has 0 unspecified atom stereocenters. The zero-order valence-corrected chi connectivity index (χ0v) is 10.8. The van der Waals surface area contributed by atoms with Crippen LogP contribution in [0.1, 0.15) is 32.1 Å². The second kappa shape index (κ2) is 6.36. The summed E-state index contributed by atoms with van der Waals surface area (Å²) in [5.41, 5.74) is 0. The Kier molecular flexibility index (Phi) is 4.80. The van der Waals surface area contributed by atoms with Crippen molar-refractivity contribution in [2.24, 2.45) is 5.92 Å². The van der Waals surface area contributed by atoms with Crippen molar-refractivity contribution in [2.45, 2.75) is 38.1 Å². The fraction of sp³-hybridized carbons (Fsp3) is 0.923. The van der Waals surface area contributed by atoms with Crippen molar-refractivity contribution in [3.8, 4) is 0 Å². The third kappa shape index (κ3) is 3.68. The van der Waals surface area contributed by atoms with Gasteiger partial charge in [0, 0.05) is 25.6 Å². The minimum Gasteiger partial charge on any atom is -0.378 e. The molecule has 0 spiro atoms. The zero-order valence-electron chi connectivity index (χ0n) is 10.8. The van der Waals surface area contributed by atoms with E-state index >= 15 is 0 Å². The Morgan fingerprint density at radius 3 is 2.47 bits per heavy atom. The van der Waals surface area contributed by atoms with Crippen LogP contribution in [0.4, 0.5) is 0 Å². The highest BCUT2D eigenvalue weighted by atomic mass is 16.5. The molecule has 0 aromatic rings. The molecule has 0 aromatic carbocycles. The number of carbonyl (C=O) groups is 1. The molecular weight excluding hydrogens is 216 g/mol. The molecule has 0 radical (unpaired) electrons. The molecular formula is C13H24N2O2. The summed E-state index contributed by atoms with van der Waals surface area (Å²) in [4.78, 5) is 14.0. The van der Waals surface area contributed by atoms with E-state index in [4.69, 9.17) is 4.74 Å². The molecule has 17 heavy (non-hydrogen) atoms. The molecule has 2 fully saturated rings. The first-order valence-corrected chi connectivity index (χ1v) is 6.82. The summed E-state index contributed by atoms with van der Waals surface area (Å²) in [6.45, 7) is 2.98. The van der Waals surface area contributed by atoms with E-state index in [1.807, 2.05) is 11.9 Å². The van der Waals surface area contributed by atoms with E-state index in [9.17, 15) is 4.79 Å². The van der Waals surface area contributed by atoms with Gasteiger partial charge in [-0.05, 0) is 38.6 Å². The molecule has 1 heterocycles. The number of amides is 1. The van der Waals surface area contributed by atoms with Crippen LogP contribution < -0.4 is 5.32 Å². The molecule has 2 rings (SSSR count). The highest BCUT2D eigenvalue weighted by Gasteiger charge is 2.25. The first-order chi connectivity index (χ1) is 8.29. The van der Waals surface area contributed by atoms with E-state index in [1.165, 1.54) is 25.7 Å². The average molecular weight is 240 g/mol. The second-order valence-corrected chi connectivity index (χ2v) is 5.20. The van der Waals surface area contributed by atoms with Crippen molar-refractivity contribution in [2.75, 3.05) is 33.4 Å². The normalized spacial score (nSPS) is 30.3. The Bertz CT molecular complexity index is 244. The Labute approximate surface area is 104 Å². The SMILES string of the molecule is CNC1CCC(CC(=O)N2CCOCC2)CC1. The summed E-state index contributed by atoms with van der Waals surface area (Å²) in [5, 5.41) is 3.33. The molecule has 0 aromatic heterocycles. The van der Waals surface area contributed by atoms with Gasteiger partial charge in [-0.15, -0.1) is 0 Å². The molecule has 98 valence electrons. The number of ether oxygens (including phenoxy) is 1. The smallest absolute Gasteiger partial charge is 0.223 e. The molecule has 1 amide bonds. The number of rotatable bonds is 3. The third-order valence-electron chi connectivity index (χ3n) is 4.08. The van der Waals surface area contributed by atoms with Gasteiger partial charge in [0.1, 0.15) is 0 Å². The summed E-state index contributed by atoms with van der Waals surface area (Å²) in [7, 11) is 2.03. The van der Waals surface area contributed by atoms with Gasteiger partial charge in [-0.2, -0.15) is 0 Å². The van der Waals surface area contributed by atoms with Crippen LogP contribution >= 0.6 is 0 Å². The van der Waals surface area contributed by atoms with Crippen LogP contribution in [0.5, 0.6) is 0 Å². The lowest BCUT2D eigenvalue weighted by atomic mass is 9.84. The highest BCUT2D eigenvalue weighted by molar-refractivity contribution is 5.76. The monoisotopic (exact) mass is 240 g/mol. The fourth-order valence-electron chi connectivity index (χ4n) is 2.84. The maximum Gasteiger partial charge on any atom is 0.223 e. The Balaban J connectivity index is 1.71. The molecule has 1 saturated heterocycles.